The number of nitrogens with zero attached hydrogens (tertiary/aromatic N) is 3. The minimum Gasteiger partial charge on any atom is -0.457 e. The Balaban J connectivity index is 1.51. The van der Waals surface area contributed by atoms with Gasteiger partial charge in [-0.1, -0.05) is 24.3 Å². The number of aromatic nitrogens is 2. The number of hydrogen-bond donors (Lipinski definition) is 2. The molecule has 128 valence electrons. The molecule has 1 heterocycles. The first-order valence-corrected chi connectivity index (χ1v) is 8.15. The summed E-state index contributed by atoms with van der Waals surface area (Å²) in [6, 6.07) is 17.3. The Morgan fingerprint density at radius 1 is 1.12 bits per heavy atom. The molecular weight excluding hydrogens is 314 g/mol. The summed E-state index contributed by atoms with van der Waals surface area (Å²) in [5, 5.41) is 3.09. The molecule has 25 heavy (non-hydrogen) atoms. The smallest absolute Gasteiger partial charge is 0.193 e. The van der Waals surface area contributed by atoms with Gasteiger partial charge in [0.15, 0.2) is 5.96 Å². The zero-order valence-corrected chi connectivity index (χ0v) is 13.9. The third-order valence-electron chi connectivity index (χ3n) is 3.50. The quantitative estimate of drug-likeness (QED) is 0.394. The van der Waals surface area contributed by atoms with Crippen molar-refractivity contribution in [2.45, 2.75) is 13.0 Å². The van der Waals surface area contributed by atoms with E-state index in [4.69, 9.17) is 10.5 Å². The van der Waals surface area contributed by atoms with Crippen LogP contribution >= 0.6 is 0 Å². The Labute approximate surface area is 147 Å². The maximum absolute atomic E-state index is 5.95. The van der Waals surface area contributed by atoms with Crippen LogP contribution in [0.3, 0.4) is 0 Å². The molecule has 0 spiro atoms. The molecule has 0 aliphatic rings. The van der Waals surface area contributed by atoms with Crippen molar-refractivity contribution < 1.29 is 4.74 Å². The zero-order chi connectivity index (χ0) is 17.3. The van der Waals surface area contributed by atoms with Gasteiger partial charge in [-0.25, -0.2) is 4.98 Å². The minimum absolute atomic E-state index is 0.391. The number of imidazole rings is 1. The lowest BCUT2D eigenvalue weighted by Gasteiger charge is -2.09. The highest BCUT2D eigenvalue weighted by molar-refractivity contribution is 5.92. The first-order chi connectivity index (χ1) is 12.3. The zero-order valence-electron chi connectivity index (χ0n) is 13.9. The first kappa shape index (κ1) is 16.6. The Bertz CT molecular complexity index is 800. The van der Waals surface area contributed by atoms with Crippen LogP contribution in [0.5, 0.6) is 11.5 Å². The summed E-state index contributed by atoms with van der Waals surface area (Å²) in [6.07, 6.45) is 6.40. The maximum Gasteiger partial charge on any atom is 0.193 e. The van der Waals surface area contributed by atoms with E-state index in [1.165, 1.54) is 0 Å². The van der Waals surface area contributed by atoms with Crippen LogP contribution in [0.1, 0.15) is 6.42 Å². The van der Waals surface area contributed by atoms with Gasteiger partial charge in [-0.3, -0.25) is 4.99 Å². The topological polar surface area (TPSA) is 77.5 Å². The monoisotopic (exact) mass is 335 g/mol. The molecule has 0 bridgehead atoms. The third kappa shape index (κ3) is 5.39. The van der Waals surface area contributed by atoms with Gasteiger partial charge >= 0.3 is 0 Å². The predicted molar refractivity (Wildman–Crippen MR) is 99.9 cm³/mol. The second kappa shape index (κ2) is 8.54. The molecule has 6 heteroatoms. The van der Waals surface area contributed by atoms with Gasteiger partial charge in [0.25, 0.3) is 0 Å². The number of guanidine groups is 1. The number of nitrogens with two attached hydrogens (primary N) is 1. The third-order valence-corrected chi connectivity index (χ3v) is 3.50. The van der Waals surface area contributed by atoms with Crippen LogP contribution in [-0.2, 0) is 6.54 Å². The molecule has 0 radical (unpaired) electrons. The molecular formula is C19H21N5O. The van der Waals surface area contributed by atoms with Crippen LogP contribution in [-0.4, -0.2) is 22.1 Å². The number of nitrogens with one attached hydrogen (secondary N) is 1. The van der Waals surface area contributed by atoms with Crippen molar-refractivity contribution in [1.82, 2.24) is 9.55 Å². The van der Waals surface area contributed by atoms with E-state index in [2.05, 4.69) is 15.3 Å². The SMILES string of the molecule is NC(=NCCCn1ccnc1)Nc1cccc(Oc2ccccc2)c1. The summed E-state index contributed by atoms with van der Waals surface area (Å²) >= 11 is 0. The summed E-state index contributed by atoms with van der Waals surface area (Å²) in [7, 11) is 0. The van der Waals surface area contributed by atoms with Gasteiger partial charge in [0.1, 0.15) is 11.5 Å². The van der Waals surface area contributed by atoms with Gasteiger partial charge in [-0.15, -0.1) is 0 Å². The van der Waals surface area contributed by atoms with Crippen molar-refractivity contribution in [1.29, 1.82) is 0 Å². The van der Waals surface area contributed by atoms with Gasteiger partial charge in [0.2, 0.25) is 0 Å². The largest absolute Gasteiger partial charge is 0.457 e. The molecule has 0 fully saturated rings. The van der Waals surface area contributed by atoms with Crippen LogP contribution in [0.15, 0.2) is 78.3 Å². The Kier molecular flexibility index (Phi) is 5.66. The Morgan fingerprint density at radius 3 is 2.76 bits per heavy atom. The molecule has 0 aliphatic heterocycles. The fourth-order valence-corrected chi connectivity index (χ4v) is 2.32. The lowest BCUT2D eigenvalue weighted by Crippen LogP contribution is -2.23. The highest BCUT2D eigenvalue weighted by atomic mass is 16.5. The Morgan fingerprint density at radius 2 is 1.96 bits per heavy atom. The lowest BCUT2D eigenvalue weighted by atomic mass is 10.3. The highest BCUT2D eigenvalue weighted by Crippen LogP contribution is 2.23. The number of para-hydroxylation sites is 1. The molecule has 0 saturated carbocycles. The fraction of sp³-hybridized carbons (Fsp3) is 0.158. The number of aryl methyl sites for hydroxylation is 1. The van der Waals surface area contributed by atoms with E-state index in [-0.39, 0.29) is 0 Å². The molecule has 2 aromatic carbocycles. The van der Waals surface area contributed by atoms with Crippen molar-refractivity contribution >= 4 is 11.6 Å². The average molecular weight is 335 g/mol. The maximum atomic E-state index is 5.95. The molecule has 3 aromatic rings. The number of ether oxygens (including phenoxy) is 1. The van der Waals surface area contributed by atoms with Crippen LogP contribution in [0.2, 0.25) is 0 Å². The predicted octanol–water partition coefficient (Wildman–Crippen LogP) is 3.49. The van der Waals surface area contributed by atoms with E-state index < -0.39 is 0 Å². The lowest BCUT2D eigenvalue weighted by molar-refractivity contribution is 0.483. The summed E-state index contributed by atoms with van der Waals surface area (Å²) < 4.78 is 7.83. The van der Waals surface area contributed by atoms with E-state index in [1.807, 2.05) is 65.4 Å². The standard InChI is InChI=1S/C19H21N5O/c20-19(22-10-5-12-24-13-11-21-15-24)23-16-6-4-9-18(14-16)25-17-7-2-1-3-8-17/h1-4,6-9,11,13-15H,5,10,12H2,(H3,20,22,23). The molecule has 3 rings (SSSR count). The van der Waals surface area contributed by atoms with Crippen molar-refractivity contribution in [2.24, 2.45) is 10.7 Å². The normalized spacial score (nSPS) is 11.3. The van der Waals surface area contributed by atoms with Gasteiger partial charge in [-0.2, -0.15) is 0 Å². The highest BCUT2D eigenvalue weighted by Gasteiger charge is 2.00. The van der Waals surface area contributed by atoms with E-state index in [1.54, 1.807) is 12.5 Å². The summed E-state index contributed by atoms with van der Waals surface area (Å²) in [6.45, 7) is 1.52. The van der Waals surface area contributed by atoms with Crippen molar-refractivity contribution in [3.05, 3.63) is 73.3 Å². The van der Waals surface area contributed by atoms with E-state index in [0.29, 0.717) is 12.5 Å². The molecule has 3 N–H and O–H groups in total. The molecule has 1 aromatic heterocycles. The number of aliphatic imine (C=N–C) groups is 1. The Hall–Kier alpha value is -3.28. The molecule has 0 saturated heterocycles. The molecule has 0 aliphatic carbocycles. The summed E-state index contributed by atoms with van der Waals surface area (Å²) in [5.41, 5.74) is 6.78. The van der Waals surface area contributed by atoms with Gasteiger partial charge in [0, 0.05) is 37.2 Å². The number of benzene rings is 2. The second-order valence-corrected chi connectivity index (χ2v) is 5.49. The minimum atomic E-state index is 0.391. The van der Waals surface area contributed by atoms with Crippen LogP contribution in [0, 0.1) is 0 Å². The number of hydrogen-bond acceptors (Lipinski definition) is 3. The molecule has 0 amide bonds. The second-order valence-electron chi connectivity index (χ2n) is 5.49. The van der Waals surface area contributed by atoms with Crippen molar-refractivity contribution in [3.63, 3.8) is 0 Å². The van der Waals surface area contributed by atoms with Gasteiger partial charge in [-0.05, 0) is 30.7 Å². The first-order valence-electron chi connectivity index (χ1n) is 8.15. The van der Waals surface area contributed by atoms with Gasteiger partial charge < -0.3 is 20.4 Å². The van der Waals surface area contributed by atoms with Crippen molar-refractivity contribution in [3.8, 4) is 11.5 Å². The van der Waals surface area contributed by atoms with Gasteiger partial charge in [0.05, 0.1) is 6.33 Å². The van der Waals surface area contributed by atoms with Crippen LogP contribution in [0.25, 0.3) is 0 Å². The summed E-state index contributed by atoms with van der Waals surface area (Å²) in [4.78, 5) is 8.35. The summed E-state index contributed by atoms with van der Waals surface area (Å²) in [5.74, 6) is 1.92. The van der Waals surface area contributed by atoms with Crippen LogP contribution < -0.4 is 15.8 Å². The van der Waals surface area contributed by atoms with E-state index in [9.17, 15) is 0 Å². The van der Waals surface area contributed by atoms with E-state index in [0.717, 1.165) is 30.2 Å². The van der Waals surface area contributed by atoms with E-state index >= 15 is 0 Å². The number of anilines is 1. The fourth-order valence-electron chi connectivity index (χ4n) is 2.32. The number of rotatable bonds is 7. The molecule has 0 unspecified atom stereocenters. The average Bonchev–Trinajstić information content (AvgIpc) is 3.13. The molecule has 0 atom stereocenters. The van der Waals surface area contributed by atoms with Crippen LogP contribution in [0.4, 0.5) is 5.69 Å². The molecule has 6 nitrogen and oxygen atoms in total. The van der Waals surface area contributed by atoms with Crippen molar-refractivity contribution in [2.75, 3.05) is 11.9 Å².